The Labute approximate surface area is 405 Å². The van der Waals surface area contributed by atoms with Crippen LogP contribution in [0.2, 0.25) is 10.0 Å². The van der Waals surface area contributed by atoms with Gasteiger partial charge in [0.1, 0.15) is 17.6 Å². The molecule has 0 saturated carbocycles. The van der Waals surface area contributed by atoms with Crippen LogP contribution in [0.15, 0.2) is 72.8 Å². The number of amides is 5. The van der Waals surface area contributed by atoms with E-state index in [0.717, 1.165) is 48.4 Å². The quantitative estimate of drug-likeness (QED) is 0.130. The van der Waals surface area contributed by atoms with E-state index in [1.165, 1.54) is 13.2 Å². The topological polar surface area (TPSA) is 152 Å². The normalized spacial score (nSPS) is 26.6. The molecule has 16 heteroatoms. The first kappa shape index (κ1) is 46.1. The van der Waals surface area contributed by atoms with Crippen LogP contribution in [-0.2, 0) is 26.3 Å². The number of carbonyl (C=O) groups excluding carboxylic acids is 5. The summed E-state index contributed by atoms with van der Waals surface area (Å²) in [5.41, 5.74) is 4.58. The molecule has 13 nitrogen and oxygen atoms in total. The zero-order valence-corrected chi connectivity index (χ0v) is 40.1. The lowest BCUT2D eigenvalue weighted by Gasteiger charge is -2.45. The number of anilines is 3. The maximum atomic E-state index is 16.3. The van der Waals surface area contributed by atoms with Gasteiger partial charge in [0.2, 0.25) is 17.7 Å². The summed E-state index contributed by atoms with van der Waals surface area (Å²) in [5.74, 6) is -1.63. The number of halogens is 3. The minimum atomic E-state index is -0.889. The Morgan fingerprint density at radius 1 is 0.941 bits per heavy atom. The van der Waals surface area contributed by atoms with Crippen molar-refractivity contribution in [1.29, 1.82) is 0 Å². The van der Waals surface area contributed by atoms with Crippen molar-refractivity contribution in [2.24, 2.45) is 17.3 Å². The third-order valence-corrected chi connectivity index (χ3v) is 15.9. The Morgan fingerprint density at radius 2 is 1.74 bits per heavy atom. The summed E-state index contributed by atoms with van der Waals surface area (Å²) in [6.45, 7) is 10.1. The van der Waals surface area contributed by atoms with Crippen molar-refractivity contribution in [3.05, 3.63) is 116 Å². The third kappa shape index (κ3) is 8.15. The monoisotopic (exact) mass is 963 g/mol. The van der Waals surface area contributed by atoms with Crippen molar-refractivity contribution in [2.75, 3.05) is 55.4 Å². The molecule has 4 fully saturated rings. The second-order valence-electron chi connectivity index (χ2n) is 20.6. The third-order valence-electron chi connectivity index (χ3n) is 15.3. The van der Waals surface area contributed by atoms with Crippen molar-refractivity contribution < 1.29 is 33.1 Å². The van der Waals surface area contributed by atoms with E-state index in [1.54, 1.807) is 35.2 Å². The van der Waals surface area contributed by atoms with Gasteiger partial charge in [-0.1, -0.05) is 62.2 Å². The number of hydrogen-bond donors (Lipinski definition) is 4. The molecular weight excluding hydrogens is 909 g/mol. The molecule has 4 N–H and O–H groups in total. The predicted octanol–water partition coefficient (Wildman–Crippen LogP) is 7.75. The molecule has 6 aliphatic heterocycles. The number of carbonyl (C=O) groups is 5. The number of nitrogens with zero attached hydrogens (tertiary/aromatic N) is 3. The van der Waals surface area contributed by atoms with E-state index in [-0.39, 0.29) is 46.5 Å². The molecule has 10 rings (SSSR count). The first-order chi connectivity index (χ1) is 32.5. The molecule has 4 saturated heterocycles. The van der Waals surface area contributed by atoms with Crippen LogP contribution in [-0.4, -0.2) is 97.3 Å². The van der Waals surface area contributed by atoms with Crippen LogP contribution in [0.25, 0.3) is 0 Å². The first-order valence-corrected chi connectivity index (χ1v) is 24.3. The molecule has 4 aromatic rings. The van der Waals surface area contributed by atoms with E-state index in [2.05, 4.69) is 53.0 Å². The second-order valence-corrected chi connectivity index (χ2v) is 21.5. The molecule has 7 atom stereocenters. The van der Waals surface area contributed by atoms with Gasteiger partial charge in [-0.25, -0.2) is 4.39 Å². The summed E-state index contributed by atoms with van der Waals surface area (Å²) in [5, 5.41) is 13.2. The Kier molecular flexibility index (Phi) is 12.0. The smallest absolute Gasteiger partial charge is 0.255 e. The molecule has 5 amide bonds. The lowest BCUT2D eigenvalue weighted by molar-refractivity contribution is -0.137. The van der Waals surface area contributed by atoms with Gasteiger partial charge in [0, 0.05) is 90.6 Å². The molecule has 6 heterocycles. The summed E-state index contributed by atoms with van der Waals surface area (Å²) < 4.78 is 22.2. The molecule has 6 aliphatic rings. The number of fused-ring (bicyclic) bond motifs is 4. The van der Waals surface area contributed by atoms with Gasteiger partial charge in [-0.15, -0.1) is 0 Å². The van der Waals surface area contributed by atoms with Gasteiger partial charge in [0.15, 0.2) is 0 Å². The van der Waals surface area contributed by atoms with Gasteiger partial charge < -0.3 is 35.4 Å². The van der Waals surface area contributed by atoms with Crippen molar-refractivity contribution in [3.8, 4) is 5.75 Å². The van der Waals surface area contributed by atoms with Crippen molar-refractivity contribution >= 4 is 69.8 Å². The zero-order valence-electron chi connectivity index (χ0n) is 38.6. The first-order valence-electron chi connectivity index (χ1n) is 23.6. The highest BCUT2D eigenvalue weighted by molar-refractivity contribution is 6.31. The van der Waals surface area contributed by atoms with Crippen LogP contribution < -0.4 is 30.9 Å². The number of benzene rings is 4. The van der Waals surface area contributed by atoms with Crippen LogP contribution in [0.4, 0.5) is 21.5 Å². The lowest BCUT2D eigenvalue weighted by atomic mass is 9.63. The van der Waals surface area contributed by atoms with Crippen molar-refractivity contribution in [3.63, 3.8) is 0 Å². The van der Waals surface area contributed by atoms with E-state index in [0.29, 0.717) is 84.0 Å². The Balaban J connectivity index is 0.830. The molecule has 0 radical (unpaired) electrons. The zero-order chi connectivity index (χ0) is 47.8. The average molecular weight is 965 g/mol. The van der Waals surface area contributed by atoms with E-state index < -0.39 is 35.1 Å². The average Bonchev–Trinajstić information content (AvgIpc) is 3.96. The summed E-state index contributed by atoms with van der Waals surface area (Å²) in [6.07, 6.45) is 2.94. The molecule has 0 aliphatic carbocycles. The molecule has 356 valence electrons. The van der Waals surface area contributed by atoms with Gasteiger partial charge in [0.05, 0.1) is 23.9 Å². The van der Waals surface area contributed by atoms with Crippen LogP contribution in [0, 0.1) is 23.1 Å². The number of piperidine rings is 3. The van der Waals surface area contributed by atoms with Crippen LogP contribution in [0.5, 0.6) is 5.75 Å². The van der Waals surface area contributed by atoms with Gasteiger partial charge >= 0.3 is 0 Å². The number of imide groups is 1. The Hall–Kier alpha value is -5.70. The fourth-order valence-corrected chi connectivity index (χ4v) is 12.5. The molecule has 4 aromatic carbocycles. The number of nitrogens with one attached hydrogen (secondary N) is 4. The predicted molar refractivity (Wildman–Crippen MR) is 259 cm³/mol. The molecule has 0 bridgehead atoms. The maximum Gasteiger partial charge on any atom is 0.255 e. The highest BCUT2D eigenvalue weighted by Crippen LogP contribution is 2.57. The van der Waals surface area contributed by atoms with E-state index in [9.17, 15) is 24.0 Å². The van der Waals surface area contributed by atoms with Crippen molar-refractivity contribution in [1.82, 2.24) is 20.4 Å². The highest BCUT2D eigenvalue weighted by Gasteiger charge is 2.61. The van der Waals surface area contributed by atoms with Crippen LogP contribution in [0.1, 0.15) is 96.2 Å². The van der Waals surface area contributed by atoms with Crippen LogP contribution in [0.3, 0.4) is 0 Å². The SMILES string of the molecule is COc1cc(C(=O)N2CC[C@H]3CN(c4ccc5c(c4)CN(C4CCC(=O)NC4=O)C5=O)CC[C@H]3C2)ccc1NC(=O)[C@@H]1N[C@@H](CC(C)(C)C)[C@@]2(CNc3cc(Cl)ccc32)[C@H]1c1cccc(Cl)c1F. The minimum absolute atomic E-state index is 0.0209. The summed E-state index contributed by atoms with van der Waals surface area (Å²) >= 11 is 12.9. The fourth-order valence-electron chi connectivity index (χ4n) is 12.1. The summed E-state index contributed by atoms with van der Waals surface area (Å²) in [4.78, 5) is 72.4. The number of rotatable bonds is 8. The number of likely N-dealkylation sites (tertiary alicyclic amines) is 1. The number of methoxy groups -OCH3 is 1. The number of ether oxygens (including phenoxy) is 1. The van der Waals surface area contributed by atoms with Crippen LogP contribution >= 0.6 is 23.2 Å². The highest BCUT2D eigenvalue weighted by atomic mass is 35.5. The lowest BCUT2D eigenvalue weighted by Crippen LogP contribution is -2.52. The van der Waals surface area contributed by atoms with Gasteiger partial charge in [-0.05, 0) is 114 Å². The largest absolute Gasteiger partial charge is 0.495 e. The molecule has 68 heavy (non-hydrogen) atoms. The molecule has 1 spiro atoms. The van der Waals surface area contributed by atoms with E-state index in [1.807, 2.05) is 35.2 Å². The van der Waals surface area contributed by atoms with Gasteiger partial charge in [-0.2, -0.15) is 0 Å². The van der Waals surface area contributed by atoms with Gasteiger partial charge in [-0.3, -0.25) is 29.3 Å². The van der Waals surface area contributed by atoms with E-state index >= 15 is 4.39 Å². The fraction of sp³-hybridized carbons (Fsp3) is 0.442. The molecular formula is C52H56Cl2FN7O6. The minimum Gasteiger partial charge on any atom is -0.495 e. The Bertz CT molecular complexity index is 2750. The van der Waals surface area contributed by atoms with Gasteiger partial charge in [0.25, 0.3) is 11.8 Å². The standard InChI is InChI=1S/C52H56Cl2FN7O6/c1-51(2,3)23-42-52(27-56-39-22-32(53)9-12-36(39)52)44(35-6-5-7-37(54)45(35)55)46(58-42)48(65)57-38-13-8-28(21-41(38)68-4)49(66)61-19-17-29-24-60(18-16-30(29)25-61)33-10-11-34-31(20-33)26-62(50(34)67)40-14-15-43(63)59-47(40)64/h5-13,20-22,29-30,40,42,44,46,56,58H,14-19,23-27H2,1-4H3,(H,57,65)(H,59,63,64)/t29-,30-,40?,42-,44-,46+,52-/m0/s1. The molecule has 1 unspecified atom stereocenters. The summed E-state index contributed by atoms with van der Waals surface area (Å²) in [6, 6.07) is 19.8. The Morgan fingerprint density at radius 3 is 2.51 bits per heavy atom. The van der Waals surface area contributed by atoms with E-state index in [4.69, 9.17) is 27.9 Å². The maximum absolute atomic E-state index is 16.3. The summed E-state index contributed by atoms with van der Waals surface area (Å²) in [7, 11) is 1.50. The van der Waals surface area contributed by atoms with Crippen molar-refractivity contribution in [2.45, 2.75) is 88.9 Å². The number of hydrogen-bond acceptors (Lipinski definition) is 9. The second kappa shape index (κ2) is 17.7. The molecule has 0 aromatic heterocycles.